The fraction of sp³-hybridized carbons (Fsp3) is 0.632. The van der Waals surface area contributed by atoms with Crippen LogP contribution >= 0.6 is 15.9 Å². The molecule has 5 heteroatoms. The lowest BCUT2D eigenvalue weighted by Gasteiger charge is -2.43. The van der Waals surface area contributed by atoms with Crippen LogP contribution in [0.15, 0.2) is 22.7 Å². The second kappa shape index (κ2) is 7.04. The Kier molecular flexibility index (Phi) is 5.65. The summed E-state index contributed by atoms with van der Waals surface area (Å²) < 4.78 is 5.90. The van der Waals surface area contributed by atoms with Crippen molar-refractivity contribution in [1.29, 1.82) is 0 Å². The van der Waals surface area contributed by atoms with E-state index in [0.717, 1.165) is 12.8 Å². The van der Waals surface area contributed by atoms with Crippen molar-refractivity contribution in [2.24, 2.45) is 11.3 Å². The van der Waals surface area contributed by atoms with Gasteiger partial charge in [0.15, 0.2) is 0 Å². The van der Waals surface area contributed by atoms with Crippen LogP contribution in [0.3, 0.4) is 0 Å². The summed E-state index contributed by atoms with van der Waals surface area (Å²) in [5.74, 6) is -0.759. The van der Waals surface area contributed by atoms with E-state index in [0.29, 0.717) is 34.5 Å². The Balaban J connectivity index is 2.28. The minimum absolute atomic E-state index is 0.184. The van der Waals surface area contributed by atoms with E-state index in [4.69, 9.17) is 4.74 Å². The smallest absolute Gasteiger partial charge is 0.313 e. The van der Waals surface area contributed by atoms with Crippen LogP contribution in [0.25, 0.3) is 0 Å². The average Bonchev–Trinajstić information content (AvgIpc) is 2.46. The van der Waals surface area contributed by atoms with Gasteiger partial charge < -0.3 is 14.9 Å². The van der Waals surface area contributed by atoms with E-state index in [1.807, 2.05) is 0 Å². The molecule has 0 heterocycles. The number of rotatable bonds is 4. The molecule has 1 saturated carbocycles. The van der Waals surface area contributed by atoms with Crippen molar-refractivity contribution in [2.75, 3.05) is 7.11 Å². The Bertz CT molecular complexity index is 598. The molecule has 0 spiro atoms. The highest BCUT2D eigenvalue weighted by molar-refractivity contribution is 9.10. The second-order valence-corrected chi connectivity index (χ2v) is 8.76. The topological polar surface area (TPSA) is 66.8 Å². The van der Waals surface area contributed by atoms with Crippen molar-refractivity contribution in [3.8, 4) is 5.75 Å². The van der Waals surface area contributed by atoms with Crippen molar-refractivity contribution in [3.05, 3.63) is 28.2 Å². The molecule has 4 nitrogen and oxygen atoms in total. The number of halogens is 1. The molecule has 2 rings (SSSR count). The van der Waals surface area contributed by atoms with Crippen LogP contribution in [-0.4, -0.2) is 28.9 Å². The van der Waals surface area contributed by atoms with Crippen molar-refractivity contribution in [1.82, 2.24) is 0 Å². The molecule has 1 aliphatic rings. The third-order valence-electron chi connectivity index (χ3n) is 5.37. The zero-order valence-electron chi connectivity index (χ0n) is 14.8. The standard InChI is InChI=1S/C19H27BrO4/c1-18(2,3)13-7-9-19(23,10-8-13)16(17(21)22)12-5-6-15(24-4)14(20)11-12/h5-6,11,13,16,23H,7-10H2,1-4H3,(H,21,22). The van der Waals surface area contributed by atoms with Crippen molar-refractivity contribution >= 4 is 21.9 Å². The molecule has 1 aliphatic carbocycles. The maximum Gasteiger partial charge on any atom is 0.313 e. The van der Waals surface area contributed by atoms with Gasteiger partial charge in [-0.3, -0.25) is 4.79 Å². The van der Waals surface area contributed by atoms with Gasteiger partial charge in [-0.2, -0.15) is 0 Å². The van der Waals surface area contributed by atoms with Gasteiger partial charge in [-0.1, -0.05) is 26.8 Å². The summed E-state index contributed by atoms with van der Waals surface area (Å²) >= 11 is 3.40. The SMILES string of the molecule is COc1ccc(C(C(=O)O)C2(O)CCC(C(C)(C)C)CC2)cc1Br. The Morgan fingerprint density at radius 3 is 2.33 bits per heavy atom. The van der Waals surface area contributed by atoms with Crippen molar-refractivity contribution < 1.29 is 19.7 Å². The summed E-state index contributed by atoms with van der Waals surface area (Å²) in [5.41, 5.74) is -0.419. The summed E-state index contributed by atoms with van der Waals surface area (Å²) in [4.78, 5) is 11.9. The third kappa shape index (κ3) is 3.94. The highest BCUT2D eigenvalue weighted by Crippen LogP contribution is 2.47. The first-order chi connectivity index (χ1) is 11.1. The monoisotopic (exact) mass is 398 g/mol. The van der Waals surface area contributed by atoms with Crippen LogP contribution in [-0.2, 0) is 4.79 Å². The van der Waals surface area contributed by atoms with E-state index >= 15 is 0 Å². The predicted octanol–water partition coefficient (Wildman–Crippen LogP) is 4.59. The minimum Gasteiger partial charge on any atom is -0.496 e. The first-order valence-corrected chi connectivity index (χ1v) is 9.16. The van der Waals surface area contributed by atoms with E-state index in [2.05, 4.69) is 36.7 Å². The number of aliphatic carboxylic acids is 1. The number of aliphatic hydroxyl groups is 1. The van der Waals surface area contributed by atoms with Crippen molar-refractivity contribution in [3.63, 3.8) is 0 Å². The molecule has 0 bridgehead atoms. The van der Waals surface area contributed by atoms with E-state index in [9.17, 15) is 15.0 Å². The molecule has 0 aromatic heterocycles. The maximum absolute atomic E-state index is 11.9. The Morgan fingerprint density at radius 2 is 1.92 bits per heavy atom. The molecule has 1 atom stereocenters. The van der Waals surface area contributed by atoms with Crippen molar-refractivity contribution in [2.45, 2.75) is 58.0 Å². The van der Waals surface area contributed by atoms with E-state index in [1.165, 1.54) is 0 Å². The summed E-state index contributed by atoms with van der Waals surface area (Å²) in [6, 6.07) is 5.21. The lowest BCUT2D eigenvalue weighted by atomic mass is 9.64. The van der Waals surface area contributed by atoms with Crippen LogP contribution in [0.1, 0.15) is 57.9 Å². The minimum atomic E-state index is -1.21. The molecule has 0 aliphatic heterocycles. The van der Waals surface area contributed by atoms with Gasteiger partial charge in [0.2, 0.25) is 0 Å². The maximum atomic E-state index is 11.9. The molecule has 24 heavy (non-hydrogen) atoms. The Hall–Kier alpha value is -1.07. The van der Waals surface area contributed by atoms with Crippen LogP contribution in [0.4, 0.5) is 0 Å². The van der Waals surface area contributed by atoms with Crippen LogP contribution < -0.4 is 4.74 Å². The van der Waals surface area contributed by atoms with Gasteiger partial charge in [-0.25, -0.2) is 0 Å². The highest BCUT2D eigenvalue weighted by atomic mass is 79.9. The van der Waals surface area contributed by atoms with E-state index < -0.39 is 17.5 Å². The number of carboxylic acid groups (broad SMARTS) is 1. The molecule has 1 aromatic rings. The molecule has 1 aromatic carbocycles. The molecule has 2 N–H and O–H groups in total. The van der Waals surface area contributed by atoms with Gasteiger partial charge >= 0.3 is 5.97 Å². The Labute approximate surface area is 152 Å². The molecule has 1 fully saturated rings. The summed E-state index contributed by atoms with van der Waals surface area (Å²) in [7, 11) is 1.57. The lowest BCUT2D eigenvalue weighted by Crippen LogP contribution is -2.45. The van der Waals surface area contributed by atoms with Gasteiger partial charge in [0.05, 0.1) is 17.2 Å². The number of hydrogen-bond donors (Lipinski definition) is 2. The quantitative estimate of drug-likeness (QED) is 0.777. The third-order valence-corrected chi connectivity index (χ3v) is 5.99. The van der Waals surface area contributed by atoms with Crippen LogP contribution in [0.5, 0.6) is 5.75 Å². The van der Waals surface area contributed by atoms with Gasteiger partial charge in [0, 0.05) is 0 Å². The fourth-order valence-corrected chi connectivity index (χ4v) is 4.38. The van der Waals surface area contributed by atoms with Crippen LogP contribution in [0, 0.1) is 11.3 Å². The number of ether oxygens (including phenoxy) is 1. The predicted molar refractivity (Wildman–Crippen MR) is 97.4 cm³/mol. The number of benzene rings is 1. The summed E-state index contributed by atoms with van der Waals surface area (Å²) in [5, 5.41) is 20.9. The summed E-state index contributed by atoms with van der Waals surface area (Å²) in [6.07, 6.45) is 2.72. The van der Waals surface area contributed by atoms with Gasteiger partial charge in [0.25, 0.3) is 0 Å². The van der Waals surface area contributed by atoms with E-state index in [1.54, 1.807) is 25.3 Å². The van der Waals surface area contributed by atoms with E-state index in [-0.39, 0.29) is 5.41 Å². The molecule has 0 radical (unpaired) electrons. The van der Waals surface area contributed by atoms with Gasteiger partial charge in [0.1, 0.15) is 11.7 Å². The number of methoxy groups -OCH3 is 1. The second-order valence-electron chi connectivity index (χ2n) is 7.91. The summed E-state index contributed by atoms with van der Waals surface area (Å²) in [6.45, 7) is 6.62. The normalized spacial score (nSPS) is 26.0. The molecule has 0 saturated heterocycles. The van der Waals surface area contributed by atoms with Gasteiger partial charge in [-0.15, -0.1) is 0 Å². The molecular weight excluding hydrogens is 372 g/mol. The number of carbonyl (C=O) groups is 1. The zero-order valence-corrected chi connectivity index (χ0v) is 16.4. The largest absolute Gasteiger partial charge is 0.496 e. The number of carboxylic acids is 1. The molecule has 134 valence electrons. The average molecular weight is 399 g/mol. The first kappa shape index (κ1) is 19.3. The van der Waals surface area contributed by atoms with Gasteiger partial charge in [-0.05, 0) is 70.6 Å². The van der Waals surface area contributed by atoms with Crippen LogP contribution in [0.2, 0.25) is 0 Å². The first-order valence-electron chi connectivity index (χ1n) is 8.37. The molecular formula is C19H27BrO4. The lowest BCUT2D eigenvalue weighted by molar-refractivity contribution is -0.149. The molecule has 0 amide bonds. The zero-order chi connectivity index (χ0) is 18.1. The Morgan fingerprint density at radius 1 is 1.33 bits per heavy atom. The highest BCUT2D eigenvalue weighted by Gasteiger charge is 2.46. The molecule has 1 unspecified atom stereocenters. The number of hydrogen-bond acceptors (Lipinski definition) is 3. The fourth-order valence-electron chi connectivity index (χ4n) is 3.82.